The van der Waals surface area contributed by atoms with Crippen LogP contribution in [0.1, 0.15) is 25.8 Å². The lowest BCUT2D eigenvalue weighted by Crippen LogP contribution is -2.47. The molecule has 23 heavy (non-hydrogen) atoms. The van der Waals surface area contributed by atoms with Gasteiger partial charge in [-0.15, -0.1) is 0 Å². The molecule has 2 rings (SSSR count). The third-order valence-corrected chi connectivity index (χ3v) is 4.26. The predicted molar refractivity (Wildman–Crippen MR) is 90.2 cm³/mol. The van der Waals surface area contributed by atoms with E-state index in [2.05, 4.69) is 5.32 Å². The first-order valence-corrected chi connectivity index (χ1v) is 8.40. The molecule has 128 valence electrons. The summed E-state index contributed by atoms with van der Waals surface area (Å²) in [6.45, 7) is 6.56. The van der Waals surface area contributed by atoms with Gasteiger partial charge in [-0.25, -0.2) is 0 Å². The Morgan fingerprint density at radius 1 is 1.26 bits per heavy atom. The maximum atomic E-state index is 12.2. The molecule has 3 atom stereocenters. The predicted octanol–water partition coefficient (Wildman–Crippen LogP) is 1.21. The number of benzene rings is 1. The maximum Gasteiger partial charge on any atom is 0.224 e. The summed E-state index contributed by atoms with van der Waals surface area (Å²) in [5.41, 5.74) is 1.12. The fraction of sp³-hybridized carbons (Fsp3) is 0.611. The average Bonchev–Trinajstić information content (AvgIpc) is 2.56. The molecule has 1 amide bonds. The minimum Gasteiger partial charge on any atom is -0.391 e. The van der Waals surface area contributed by atoms with Crippen molar-refractivity contribution in [2.24, 2.45) is 0 Å². The van der Waals surface area contributed by atoms with Crippen molar-refractivity contribution in [1.82, 2.24) is 10.2 Å². The lowest BCUT2D eigenvalue weighted by Gasteiger charge is -2.29. The molecule has 1 aromatic carbocycles. The van der Waals surface area contributed by atoms with Crippen molar-refractivity contribution in [2.45, 2.75) is 44.9 Å². The Labute approximate surface area is 138 Å². The quantitative estimate of drug-likeness (QED) is 0.793. The molecule has 1 heterocycles. The number of aliphatic hydroxyl groups excluding tert-OH is 1. The van der Waals surface area contributed by atoms with E-state index in [1.54, 1.807) is 0 Å². The molecule has 5 heteroatoms. The second kappa shape index (κ2) is 9.01. The van der Waals surface area contributed by atoms with E-state index in [9.17, 15) is 9.90 Å². The number of carbonyl (C=O) groups is 1. The van der Waals surface area contributed by atoms with Crippen LogP contribution in [0.5, 0.6) is 0 Å². The summed E-state index contributed by atoms with van der Waals surface area (Å²) >= 11 is 0. The lowest BCUT2D eigenvalue weighted by molar-refractivity contribution is -0.135. The van der Waals surface area contributed by atoms with Crippen molar-refractivity contribution in [3.8, 4) is 0 Å². The first-order valence-electron chi connectivity index (χ1n) is 8.40. The molecule has 1 saturated heterocycles. The first kappa shape index (κ1) is 17.9. The fourth-order valence-corrected chi connectivity index (χ4v) is 2.85. The molecule has 1 fully saturated rings. The van der Waals surface area contributed by atoms with Crippen LogP contribution in [0.3, 0.4) is 0 Å². The third-order valence-electron chi connectivity index (χ3n) is 4.26. The summed E-state index contributed by atoms with van der Waals surface area (Å²) in [5, 5.41) is 13.7. The molecule has 1 aromatic rings. The Bertz CT molecular complexity index is 474. The summed E-state index contributed by atoms with van der Waals surface area (Å²) in [6, 6.07) is 9.92. The van der Waals surface area contributed by atoms with Gasteiger partial charge in [0.25, 0.3) is 0 Å². The highest BCUT2D eigenvalue weighted by Crippen LogP contribution is 2.08. The molecule has 0 aromatic heterocycles. The van der Waals surface area contributed by atoms with Crippen molar-refractivity contribution in [1.29, 1.82) is 0 Å². The zero-order valence-electron chi connectivity index (χ0n) is 14.1. The van der Waals surface area contributed by atoms with Crippen LogP contribution in [-0.4, -0.2) is 60.4 Å². The highest BCUT2D eigenvalue weighted by Gasteiger charge is 2.21. The van der Waals surface area contributed by atoms with E-state index in [0.717, 1.165) is 5.56 Å². The number of hydrogen-bond acceptors (Lipinski definition) is 4. The van der Waals surface area contributed by atoms with Gasteiger partial charge < -0.3 is 20.1 Å². The van der Waals surface area contributed by atoms with Crippen LogP contribution in [0, 0.1) is 0 Å². The Balaban J connectivity index is 1.74. The number of aliphatic hydroxyl groups is 1. The van der Waals surface area contributed by atoms with Gasteiger partial charge in [-0.05, 0) is 25.8 Å². The Morgan fingerprint density at radius 2 is 1.91 bits per heavy atom. The SMILES string of the molecule is CC(CC(=O)N1CCOCC1)NC(C)C(O)Cc1ccccc1. The number of amides is 1. The van der Waals surface area contributed by atoms with Crippen molar-refractivity contribution in [3.63, 3.8) is 0 Å². The number of carbonyl (C=O) groups excluding carboxylic acids is 1. The monoisotopic (exact) mass is 320 g/mol. The minimum atomic E-state index is -0.474. The molecule has 1 aliphatic heterocycles. The van der Waals surface area contributed by atoms with E-state index >= 15 is 0 Å². The first-order chi connectivity index (χ1) is 11.1. The smallest absolute Gasteiger partial charge is 0.224 e. The van der Waals surface area contributed by atoms with E-state index in [-0.39, 0.29) is 18.0 Å². The van der Waals surface area contributed by atoms with Crippen LogP contribution >= 0.6 is 0 Å². The van der Waals surface area contributed by atoms with Crippen LogP contribution in [0.25, 0.3) is 0 Å². The summed E-state index contributed by atoms with van der Waals surface area (Å²) in [6.07, 6.45) is 0.583. The summed E-state index contributed by atoms with van der Waals surface area (Å²) in [4.78, 5) is 14.1. The number of ether oxygens (including phenoxy) is 1. The van der Waals surface area contributed by atoms with Gasteiger partial charge in [0.05, 0.1) is 19.3 Å². The summed E-state index contributed by atoms with van der Waals surface area (Å²) < 4.78 is 5.26. The third kappa shape index (κ3) is 5.94. The van der Waals surface area contributed by atoms with Gasteiger partial charge in [0.2, 0.25) is 5.91 Å². The van der Waals surface area contributed by atoms with E-state index in [0.29, 0.717) is 39.1 Å². The Hall–Kier alpha value is -1.43. The van der Waals surface area contributed by atoms with Gasteiger partial charge in [0.1, 0.15) is 0 Å². The van der Waals surface area contributed by atoms with Gasteiger partial charge in [-0.3, -0.25) is 4.79 Å². The van der Waals surface area contributed by atoms with Crippen molar-refractivity contribution in [2.75, 3.05) is 26.3 Å². The van der Waals surface area contributed by atoms with Crippen molar-refractivity contribution < 1.29 is 14.6 Å². The van der Waals surface area contributed by atoms with Crippen LogP contribution in [0.15, 0.2) is 30.3 Å². The molecule has 5 nitrogen and oxygen atoms in total. The Kier molecular flexibility index (Phi) is 7.02. The molecule has 0 spiro atoms. The highest BCUT2D eigenvalue weighted by molar-refractivity contribution is 5.76. The normalized spacial score (nSPS) is 19.2. The van der Waals surface area contributed by atoms with E-state index in [4.69, 9.17) is 4.74 Å². The Morgan fingerprint density at radius 3 is 2.57 bits per heavy atom. The molecule has 1 aliphatic rings. The second-order valence-corrected chi connectivity index (χ2v) is 6.31. The summed E-state index contributed by atoms with van der Waals surface area (Å²) in [7, 11) is 0. The molecule has 3 unspecified atom stereocenters. The topological polar surface area (TPSA) is 61.8 Å². The van der Waals surface area contributed by atoms with Crippen molar-refractivity contribution in [3.05, 3.63) is 35.9 Å². The number of hydrogen-bond donors (Lipinski definition) is 2. The number of morpholine rings is 1. The van der Waals surface area contributed by atoms with Crippen LogP contribution < -0.4 is 5.32 Å². The molecular weight excluding hydrogens is 292 g/mol. The molecule has 0 aliphatic carbocycles. The zero-order valence-corrected chi connectivity index (χ0v) is 14.1. The highest BCUT2D eigenvalue weighted by atomic mass is 16.5. The van der Waals surface area contributed by atoms with Gasteiger partial charge >= 0.3 is 0 Å². The van der Waals surface area contributed by atoms with Crippen LogP contribution in [0.4, 0.5) is 0 Å². The lowest BCUT2D eigenvalue weighted by atomic mass is 10.0. The van der Waals surface area contributed by atoms with Crippen LogP contribution in [-0.2, 0) is 16.0 Å². The molecular formula is C18H28N2O3. The fourth-order valence-electron chi connectivity index (χ4n) is 2.85. The van der Waals surface area contributed by atoms with Crippen molar-refractivity contribution >= 4 is 5.91 Å². The van der Waals surface area contributed by atoms with Crippen LogP contribution in [0.2, 0.25) is 0 Å². The van der Waals surface area contributed by atoms with E-state index < -0.39 is 6.10 Å². The van der Waals surface area contributed by atoms with Gasteiger partial charge in [-0.2, -0.15) is 0 Å². The molecule has 0 radical (unpaired) electrons. The zero-order chi connectivity index (χ0) is 16.7. The molecule has 0 bridgehead atoms. The van der Waals surface area contributed by atoms with Gasteiger partial charge in [0.15, 0.2) is 0 Å². The minimum absolute atomic E-state index is 0.0331. The average molecular weight is 320 g/mol. The standard InChI is InChI=1S/C18H28N2O3/c1-14(12-18(22)20-8-10-23-11-9-20)19-15(2)17(21)13-16-6-4-3-5-7-16/h3-7,14-15,17,19,21H,8-13H2,1-2H3. The molecule has 2 N–H and O–H groups in total. The number of rotatable bonds is 7. The van der Waals surface area contributed by atoms with E-state index in [1.807, 2.05) is 49.1 Å². The molecule has 0 saturated carbocycles. The second-order valence-electron chi connectivity index (χ2n) is 6.31. The van der Waals surface area contributed by atoms with Gasteiger partial charge in [-0.1, -0.05) is 30.3 Å². The number of nitrogens with zero attached hydrogens (tertiary/aromatic N) is 1. The van der Waals surface area contributed by atoms with E-state index in [1.165, 1.54) is 0 Å². The number of nitrogens with one attached hydrogen (secondary N) is 1. The maximum absolute atomic E-state index is 12.2. The summed E-state index contributed by atoms with van der Waals surface area (Å²) in [5.74, 6) is 0.151. The largest absolute Gasteiger partial charge is 0.391 e. The van der Waals surface area contributed by atoms with Gasteiger partial charge in [0, 0.05) is 31.6 Å².